The van der Waals surface area contributed by atoms with Gasteiger partial charge < -0.3 is 10.1 Å². The van der Waals surface area contributed by atoms with Gasteiger partial charge in [-0.2, -0.15) is 13.2 Å². The van der Waals surface area contributed by atoms with Gasteiger partial charge >= 0.3 is 5.51 Å². The van der Waals surface area contributed by atoms with Crippen LogP contribution in [0, 0.1) is 0 Å². The lowest BCUT2D eigenvalue weighted by molar-refractivity contribution is -0.0436. The van der Waals surface area contributed by atoms with E-state index in [4.69, 9.17) is 4.74 Å². The fraction of sp³-hybridized carbons (Fsp3) is 0.500. The van der Waals surface area contributed by atoms with Gasteiger partial charge in [-0.3, -0.25) is 4.79 Å². The summed E-state index contributed by atoms with van der Waals surface area (Å²) in [5, 5.41) is 2.62. The van der Waals surface area contributed by atoms with E-state index in [-0.39, 0.29) is 11.7 Å². The van der Waals surface area contributed by atoms with Crippen molar-refractivity contribution >= 4 is 15.7 Å². The van der Waals surface area contributed by atoms with E-state index in [2.05, 4.69) is 5.32 Å². The van der Waals surface area contributed by atoms with Crippen molar-refractivity contribution in [2.24, 2.45) is 0 Å². The summed E-state index contributed by atoms with van der Waals surface area (Å²) >= 11 is 0. The van der Waals surface area contributed by atoms with Gasteiger partial charge in [-0.15, -0.1) is 0 Å². The smallest absolute Gasteiger partial charge is 0.378 e. The molecule has 0 aromatic heterocycles. The van der Waals surface area contributed by atoms with E-state index in [1.165, 1.54) is 0 Å². The van der Waals surface area contributed by atoms with Crippen LogP contribution in [0.3, 0.4) is 0 Å². The highest BCUT2D eigenvalue weighted by Gasteiger charge is 2.46. The number of hydrogen-bond acceptors (Lipinski definition) is 4. The summed E-state index contributed by atoms with van der Waals surface area (Å²) in [7, 11) is -5.40. The molecule has 0 radical (unpaired) electrons. The SMILES string of the molecule is O=C(NCCC1CCCO1)c1ccc(S(=O)(=O)C(F)(F)F)cc1. The summed E-state index contributed by atoms with van der Waals surface area (Å²) in [6.45, 7) is 1.10. The lowest BCUT2D eigenvalue weighted by Crippen LogP contribution is -2.27. The molecule has 9 heteroatoms. The molecule has 0 bridgehead atoms. The second-order valence-corrected chi connectivity index (χ2v) is 7.09. The van der Waals surface area contributed by atoms with Gasteiger partial charge in [0.2, 0.25) is 0 Å². The number of sulfone groups is 1. The molecule has 1 saturated heterocycles. The first-order valence-corrected chi connectivity index (χ1v) is 8.51. The summed E-state index contributed by atoms with van der Waals surface area (Å²) in [4.78, 5) is 11.0. The van der Waals surface area contributed by atoms with E-state index in [9.17, 15) is 26.4 Å². The third-order valence-electron chi connectivity index (χ3n) is 3.51. The van der Waals surface area contributed by atoms with Crippen molar-refractivity contribution in [3.63, 3.8) is 0 Å². The molecular weight excluding hydrogens is 335 g/mol. The largest absolute Gasteiger partial charge is 0.501 e. The maximum absolute atomic E-state index is 12.4. The lowest BCUT2D eigenvalue weighted by Gasteiger charge is -2.11. The zero-order valence-corrected chi connectivity index (χ0v) is 12.9. The number of amides is 1. The Kier molecular flexibility index (Phi) is 5.30. The molecule has 5 nitrogen and oxygen atoms in total. The number of benzene rings is 1. The maximum Gasteiger partial charge on any atom is 0.501 e. The van der Waals surface area contributed by atoms with Crippen molar-refractivity contribution in [3.05, 3.63) is 29.8 Å². The minimum absolute atomic E-state index is 0.0958. The highest BCUT2D eigenvalue weighted by Crippen LogP contribution is 2.30. The first kappa shape index (κ1) is 17.7. The third kappa shape index (κ3) is 4.23. The van der Waals surface area contributed by atoms with Crippen LogP contribution in [0.4, 0.5) is 13.2 Å². The highest BCUT2D eigenvalue weighted by molar-refractivity contribution is 7.92. The zero-order chi connectivity index (χ0) is 17.1. The maximum atomic E-state index is 12.4. The van der Waals surface area contributed by atoms with Gasteiger partial charge in [0.05, 0.1) is 11.0 Å². The van der Waals surface area contributed by atoms with Gasteiger partial charge in [-0.1, -0.05) is 0 Å². The Morgan fingerprint density at radius 2 is 1.91 bits per heavy atom. The minimum Gasteiger partial charge on any atom is -0.378 e. The van der Waals surface area contributed by atoms with Crippen LogP contribution in [0.25, 0.3) is 0 Å². The van der Waals surface area contributed by atoms with Crippen LogP contribution in [0.1, 0.15) is 29.6 Å². The number of carbonyl (C=O) groups excluding carboxylic acids is 1. The highest BCUT2D eigenvalue weighted by atomic mass is 32.2. The van der Waals surface area contributed by atoms with Crippen LogP contribution in [0.15, 0.2) is 29.2 Å². The van der Waals surface area contributed by atoms with Crippen molar-refractivity contribution in [3.8, 4) is 0 Å². The Hall–Kier alpha value is -1.61. The summed E-state index contributed by atoms with van der Waals surface area (Å²) in [5.74, 6) is -0.473. The van der Waals surface area contributed by atoms with Crippen LogP contribution in [-0.2, 0) is 14.6 Å². The van der Waals surface area contributed by atoms with Crippen LogP contribution >= 0.6 is 0 Å². The summed E-state index contributed by atoms with van der Waals surface area (Å²) in [5.41, 5.74) is -5.27. The molecule has 1 fully saturated rings. The molecule has 1 N–H and O–H groups in total. The molecule has 1 heterocycles. The number of ether oxygens (including phenoxy) is 1. The van der Waals surface area contributed by atoms with E-state index in [1.807, 2.05) is 0 Å². The molecule has 1 atom stereocenters. The van der Waals surface area contributed by atoms with Gasteiger partial charge in [0.25, 0.3) is 15.7 Å². The van der Waals surface area contributed by atoms with Crippen molar-refractivity contribution in [1.82, 2.24) is 5.32 Å². The number of rotatable bonds is 5. The molecule has 1 unspecified atom stereocenters. The number of halogens is 3. The van der Waals surface area contributed by atoms with Crippen molar-refractivity contribution < 1.29 is 31.1 Å². The zero-order valence-electron chi connectivity index (χ0n) is 12.1. The quantitative estimate of drug-likeness (QED) is 0.883. The monoisotopic (exact) mass is 351 g/mol. The van der Waals surface area contributed by atoms with E-state index >= 15 is 0 Å². The number of carbonyl (C=O) groups is 1. The number of hydrogen-bond donors (Lipinski definition) is 1. The van der Waals surface area contributed by atoms with Crippen LogP contribution in [0.5, 0.6) is 0 Å². The Morgan fingerprint density at radius 3 is 2.43 bits per heavy atom. The van der Waals surface area contributed by atoms with Crippen LogP contribution in [0.2, 0.25) is 0 Å². The van der Waals surface area contributed by atoms with E-state index in [1.54, 1.807) is 0 Å². The van der Waals surface area contributed by atoms with Crippen molar-refractivity contribution in [2.45, 2.75) is 35.8 Å². The average Bonchev–Trinajstić information content (AvgIpc) is 2.99. The summed E-state index contributed by atoms with van der Waals surface area (Å²) in [6.07, 6.45) is 2.72. The van der Waals surface area contributed by atoms with Gasteiger partial charge in [0.15, 0.2) is 0 Å². The minimum atomic E-state index is -5.40. The molecule has 1 aromatic carbocycles. The molecule has 0 aliphatic carbocycles. The molecule has 1 aliphatic heterocycles. The first-order valence-electron chi connectivity index (χ1n) is 7.03. The normalized spacial score (nSPS) is 18.8. The Bertz CT molecular complexity index is 650. The third-order valence-corrected chi connectivity index (χ3v) is 5.01. The van der Waals surface area contributed by atoms with E-state index < -0.39 is 26.1 Å². The molecule has 1 amide bonds. The Morgan fingerprint density at radius 1 is 1.26 bits per heavy atom. The molecule has 0 saturated carbocycles. The van der Waals surface area contributed by atoms with Crippen LogP contribution in [-0.4, -0.2) is 39.1 Å². The van der Waals surface area contributed by atoms with E-state index in [0.29, 0.717) is 19.6 Å². The summed E-state index contributed by atoms with van der Waals surface area (Å²) < 4.78 is 65.1. The Balaban J connectivity index is 1.95. The number of nitrogens with one attached hydrogen (secondary N) is 1. The fourth-order valence-corrected chi connectivity index (χ4v) is 3.00. The Labute approximate surface area is 131 Å². The van der Waals surface area contributed by atoms with Gasteiger partial charge in [0.1, 0.15) is 0 Å². The predicted molar refractivity (Wildman–Crippen MR) is 75.6 cm³/mol. The lowest BCUT2D eigenvalue weighted by atomic mass is 10.1. The molecule has 1 aliphatic rings. The molecule has 1 aromatic rings. The van der Waals surface area contributed by atoms with Crippen molar-refractivity contribution in [1.29, 1.82) is 0 Å². The second-order valence-electron chi connectivity index (χ2n) is 5.15. The second kappa shape index (κ2) is 6.88. The summed E-state index contributed by atoms with van der Waals surface area (Å²) in [6, 6.07) is 3.66. The predicted octanol–water partition coefficient (Wildman–Crippen LogP) is 2.28. The average molecular weight is 351 g/mol. The van der Waals surface area contributed by atoms with E-state index in [0.717, 1.165) is 37.1 Å². The standard InChI is InChI=1S/C14H16F3NO4S/c15-14(16,17)23(20,21)12-5-3-10(4-6-12)13(19)18-8-7-11-2-1-9-22-11/h3-6,11H,1-2,7-9H2,(H,18,19). The molecule has 128 valence electrons. The fourth-order valence-electron chi connectivity index (χ4n) is 2.24. The first-order chi connectivity index (χ1) is 10.7. The molecule has 0 spiro atoms. The topological polar surface area (TPSA) is 72.5 Å². The van der Waals surface area contributed by atoms with Gasteiger partial charge in [-0.25, -0.2) is 8.42 Å². The molecular formula is C14H16F3NO4S. The molecule has 23 heavy (non-hydrogen) atoms. The van der Waals surface area contributed by atoms with Gasteiger partial charge in [0, 0.05) is 18.7 Å². The van der Waals surface area contributed by atoms with Gasteiger partial charge in [-0.05, 0) is 43.5 Å². The van der Waals surface area contributed by atoms with Crippen molar-refractivity contribution in [2.75, 3.05) is 13.2 Å². The molecule has 2 rings (SSSR count). The number of alkyl halides is 3. The van der Waals surface area contributed by atoms with Crippen LogP contribution < -0.4 is 5.32 Å².